The van der Waals surface area contributed by atoms with Crippen LogP contribution in [0.2, 0.25) is 0 Å². The van der Waals surface area contributed by atoms with Gasteiger partial charge < -0.3 is 25.0 Å². The quantitative estimate of drug-likeness (QED) is 0.351. The number of hydrogen-bond acceptors (Lipinski definition) is 5. The zero-order chi connectivity index (χ0) is 20.1. The Morgan fingerprint density at radius 3 is 2.44 bits per heavy atom. The van der Waals surface area contributed by atoms with Crippen molar-refractivity contribution in [1.29, 1.82) is 0 Å². The van der Waals surface area contributed by atoms with Crippen molar-refractivity contribution < 1.29 is 14.3 Å². The minimum Gasteiger partial charge on any atom is -0.444 e. The molecule has 0 aromatic rings. The second kappa shape index (κ2) is 13.1. The van der Waals surface area contributed by atoms with Crippen LogP contribution in [-0.4, -0.2) is 80.5 Å². The fourth-order valence-corrected chi connectivity index (χ4v) is 3.24. The molecule has 0 atom stereocenters. The number of hydrogen-bond donors (Lipinski definition) is 2. The summed E-state index contributed by atoms with van der Waals surface area (Å²) in [6, 6.07) is 0. The molecule has 1 aliphatic rings. The number of likely N-dealkylation sites (tertiary alicyclic amines) is 1. The fourth-order valence-electron chi connectivity index (χ4n) is 2.81. The van der Waals surface area contributed by atoms with Gasteiger partial charge in [-0.1, -0.05) is 0 Å². The smallest absolute Gasteiger partial charge is 0.407 e. The van der Waals surface area contributed by atoms with E-state index in [1.54, 1.807) is 0 Å². The van der Waals surface area contributed by atoms with E-state index in [0.717, 1.165) is 51.3 Å². The molecule has 0 spiro atoms. The highest BCUT2D eigenvalue weighted by Crippen LogP contribution is 2.14. The Morgan fingerprint density at radius 1 is 1.19 bits per heavy atom. The van der Waals surface area contributed by atoms with E-state index in [1.807, 2.05) is 39.6 Å². The van der Waals surface area contributed by atoms with Crippen molar-refractivity contribution in [1.82, 2.24) is 15.5 Å². The van der Waals surface area contributed by atoms with Crippen molar-refractivity contribution in [3.63, 3.8) is 0 Å². The minimum atomic E-state index is -0.459. The highest BCUT2D eigenvalue weighted by molar-refractivity contribution is 7.98. The summed E-state index contributed by atoms with van der Waals surface area (Å²) in [6.45, 7) is 9.69. The highest BCUT2D eigenvalue weighted by Gasteiger charge is 2.21. The molecular weight excluding hydrogens is 364 g/mol. The molecule has 1 heterocycles. The van der Waals surface area contributed by atoms with Crippen LogP contribution in [0.1, 0.15) is 46.5 Å². The van der Waals surface area contributed by atoms with E-state index in [0.29, 0.717) is 13.2 Å². The third-order valence-corrected chi connectivity index (χ3v) is 4.80. The second-order valence-corrected chi connectivity index (χ2v) is 8.65. The second-order valence-electron chi connectivity index (χ2n) is 7.66. The van der Waals surface area contributed by atoms with Gasteiger partial charge in [0.25, 0.3) is 0 Å². The van der Waals surface area contributed by atoms with Gasteiger partial charge in [-0.2, -0.15) is 11.8 Å². The minimum absolute atomic E-state index is 0.289. The Labute approximate surface area is 169 Å². The van der Waals surface area contributed by atoms with Crippen molar-refractivity contribution in [3.05, 3.63) is 0 Å². The SMILES string of the molecule is CN=C(NCCCSC)N1CCC(OCCCNC(=O)OC(C)(C)C)CC1. The van der Waals surface area contributed by atoms with Gasteiger partial charge in [0.15, 0.2) is 5.96 Å². The predicted molar refractivity (Wildman–Crippen MR) is 114 cm³/mol. The van der Waals surface area contributed by atoms with E-state index in [4.69, 9.17) is 9.47 Å². The lowest BCUT2D eigenvalue weighted by molar-refractivity contribution is 0.0170. The number of guanidine groups is 1. The Bertz CT molecular complexity index is 447. The lowest BCUT2D eigenvalue weighted by Crippen LogP contribution is -2.47. The summed E-state index contributed by atoms with van der Waals surface area (Å²) in [5.74, 6) is 2.17. The van der Waals surface area contributed by atoms with Crippen LogP contribution in [0.15, 0.2) is 4.99 Å². The van der Waals surface area contributed by atoms with Crippen molar-refractivity contribution in [2.75, 3.05) is 51.8 Å². The van der Waals surface area contributed by atoms with Gasteiger partial charge in [0.05, 0.1) is 6.10 Å². The van der Waals surface area contributed by atoms with Gasteiger partial charge in [0, 0.05) is 39.8 Å². The average molecular weight is 403 g/mol. The number of rotatable bonds is 9. The molecule has 0 aromatic carbocycles. The lowest BCUT2D eigenvalue weighted by Gasteiger charge is -2.34. The summed E-state index contributed by atoms with van der Waals surface area (Å²) in [7, 11) is 1.84. The van der Waals surface area contributed by atoms with Crippen LogP contribution in [0.3, 0.4) is 0 Å². The Kier molecular flexibility index (Phi) is 11.6. The topological polar surface area (TPSA) is 75.2 Å². The molecule has 0 aromatic heterocycles. The van der Waals surface area contributed by atoms with Gasteiger partial charge in [-0.05, 0) is 58.5 Å². The number of amides is 1. The number of piperidine rings is 1. The predicted octanol–water partition coefficient (Wildman–Crippen LogP) is 2.71. The molecule has 158 valence electrons. The molecule has 1 amide bonds. The molecule has 0 unspecified atom stereocenters. The number of aliphatic imine (C=N–C) groups is 1. The third-order valence-electron chi connectivity index (χ3n) is 4.10. The van der Waals surface area contributed by atoms with E-state index in [2.05, 4.69) is 26.8 Å². The van der Waals surface area contributed by atoms with Gasteiger partial charge >= 0.3 is 6.09 Å². The van der Waals surface area contributed by atoms with Crippen LogP contribution in [0.5, 0.6) is 0 Å². The van der Waals surface area contributed by atoms with Crippen LogP contribution in [-0.2, 0) is 9.47 Å². The summed E-state index contributed by atoms with van der Waals surface area (Å²) < 4.78 is 11.2. The molecule has 0 aliphatic carbocycles. The van der Waals surface area contributed by atoms with Crippen molar-refractivity contribution >= 4 is 23.8 Å². The summed E-state index contributed by atoms with van der Waals surface area (Å²) in [5, 5.41) is 6.21. The molecule has 0 radical (unpaired) electrons. The molecule has 7 nitrogen and oxygen atoms in total. The Hall–Kier alpha value is -1.15. The number of alkyl carbamates (subject to hydrolysis) is 1. The summed E-state index contributed by atoms with van der Waals surface area (Å²) in [6.07, 6.45) is 6.00. The molecule has 8 heteroatoms. The van der Waals surface area contributed by atoms with E-state index < -0.39 is 5.60 Å². The largest absolute Gasteiger partial charge is 0.444 e. The first-order valence-corrected chi connectivity index (χ1v) is 11.3. The third kappa shape index (κ3) is 11.3. The number of carbonyl (C=O) groups is 1. The first-order valence-electron chi connectivity index (χ1n) is 9.88. The first kappa shape index (κ1) is 23.9. The molecule has 0 bridgehead atoms. The molecule has 27 heavy (non-hydrogen) atoms. The van der Waals surface area contributed by atoms with Gasteiger partial charge in [0.1, 0.15) is 5.60 Å². The normalized spacial score (nSPS) is 16.3. The number of ether oxygens (including phenoxy) is 2. The van der Waals surface area contributed by atoms with Gasteiger partial charge in [0.2, 0.25) is 0 Å². The zero-order valence-electron chi connectivity index (χ0n) is 17.7. The van der Waals surface area contributed by atoms with Gasteiger partial charge in [-0.25, -0.2) is 4.79 Å². The van der Waals surface area contributed by atoms with E-state index in [9.17, 15) is 4.79 Å². The molecule has 1 saturated heterocycles. The van der Waals surface area contributed by atoms with E-state index in [1.165, 1.54) is 5.75 Å². The zero-order valence-corrected chi connectivity index (χ0v) is 18.5. The van der Waals surface area contributed by atoms with E-state index in [-0.39, 0.29) is 12.2 Å². The summed E-state index contributed by atoms with van der Waals surface area (Å²) in [4.78, 5) is 18.3. The summed E-state index contributed by atoms with van der Waals surface area (Å²) in [5.41, 5.74) is -0.459. The number of nitrogens with one attached hydrogen (secondary N) is 2. The van der Waals surface area contributed by atoms with E-state index >= 15 is 0 Å². The molecule has 0 saturated carbocycles. The van der Waals surface area contributed by atoms with Crippen molar-refractivity contribution in [2.45, 2.75) is 58.2 Å². The molecular formula is C19H38N4O3S. The van der Waals surface area contributed by atoms with Crippen LogP contribution < -0.4 is 10.6 Å². The maximum absolute atomic E-state index is 11.6. The summed E-state index contributed by atoms with van der Waals surface area (Å²) >= 11 is 1.87. The van der Waals surface area contributed by atoms with Crippen LogP contribution >= 0.6 is 11.8 Å². The Balaban J connectivity index is 2.12. The standard InChI is InChI=1S/C19H38N4O3S/c1-19(2,3)26-18(24)22-10-6-14-25-16-8-12-23(13-9-16)17(20-4)21-11-7-15-27-5/h16H,6-15H2,1-5H3,(H,20,21)(H,22,24). The monoisotopic (exact) mass is 402 g/mol. The fraction of sp³-hybridized carbons (Fsp3) is 0.895. The van der Waals surface area contributed by atoms with Crippen LogP contribution in [0, 0.1) is 0 Å². The lowest BCUT2D eigenvalue weighted by atomic mass is 10.1. The van der Waals surface area contributed by atoms with Crippen LogP contribution in [0.25, 0.3) is 0 Å². The maximum Gasteiger partial charge on any atom is 0.407 e. The van der Waals surface area contributed by atoms with Crippen LogP contribution in [0.4, 0.5) is 4.79 Å². The molecule has 1 rings (SSSR count). The van der Waals surface area contributed by atoms with Crippen molar-refractivity contribution in [3.8, 4) is 0 Å². The first-order chi connectivity index (χ1) is 12.9. The number of nitrogens with zero attached hydrogens (tertiary/aromatic N) is 2. The number of carbonyl (C=O) groups excluding carboxylic acids is 1. The maximum atomic E-state index is 11.6. The molecule has 2 N–H and O–H groups in total. The highest BCUT2D eigenvalue weighted by atomic mass is 32.2. The average Bonchev–Trinajstić information content (AvgIpc) is 2.61. The van der Waals surface area contributed by atoms with Gasteiger partial charge in [-0.3, -0.25) is 4.99 Å². The van der Waals surface area contributed by atoms with Crippen molar-refractivity contribution in [2.24, 2.45) is 4.99 Å². The van der Waals surface area contributed by atoms with Gasteiger partial charge in [-0.15, -0.1) is 0 Å². The Morgan fingerprint density at radius 2 is 1.85 bits per heavy atom. The molecule has 1 aliphatic heterocycles. The number of thioether (sulfide) groups is 1. The molecule has 1 fully saturated rings.